The summed E-state index contributed by atoms with van der Waals surface area (Å²) in [7, 11) is 0. The normalized spacial score (nSPS) is 25.8. The van der Waals surface area contributed by atoms with Gasteiger partial charge < -0.3 is 15.8 Å². The molecule has 0 aromatic rings. The monoisotopic (exact) mass is 228 g/mol. The Morgan fingerprint density at radius 2 is 2.25 bits per heavy atom. The van der Waals surface area contributed by atoms with Crippen LogP contribution in [0.5, 0.6) is 0 Å². The van der Waals surface area contributed by atoms with Gasteiger partial charge in [0.25, 0.3) is 0 Å². The lowest BCUT2D eigenvalue weighted by Crippen LogP contribution is -2.37. The smallest absolute Gasteiger partial charge is 0.246 e. The van der Waals surface area contributed by atoms with Gasteiger partial charge in [0.2, 0.25) is 5.91 Å². The van der Waals surface area contributed by atoms with E-state index >= 15 is 0 Å². The molecule has 1 aliphatic carbocycles. The maximum Gasteiger partial charge on any atom is 0.246 e. The van der Waals surface area contributed by atoms with Crippen LogP contribution in [0.15, 0.2) is 0 Å². The highest BCUT2D eigenvalue weighted by Crippen LogP contribution is 2.22. The highest BCUT2D eigenvalue weighted by atomic mass is 16.5. The molecule has 2 unspecified atom stereocenters. The van der Waals surface area contributed by atoms with Gasteiger partial charge in [-0.15, -0.1) is 0 Å². The number of carbonyl (C=O) groups excluding carboxylic acids is 1. The van der Waals surface area contributed by atoms with Crippen LogP contribution < -0.4 is 11.1 Å². The Morgan fingerprint density at radius 1 is 1.50 bits per heavy atom. The molecule has 4 heteroatoms. The average molecular weight is 228 g/mol. The molecule has 16 heavy (non-hydrogen) atoms. The largest absolute Gasteiger partial charge is 0.369 e. The first-order chi connectivity index (χ1) is 7.58. The van der Waals surface area contributed by atoms with Crippen LogP contribution in [0, 0.1) is 5.92 Å². The second kappa shape index (κ2) is 6.86. The van der Waals surface area contributed by atoms with Crippen molar-refractivity contribution in [2.45, 2.75) is 51.7 Å². The second-order valence-electron chi connectivity index (χ2n) is 4.96. The summed E-state index contributed by atoms with van der Waals surface area (Å²) >= 11 is 0. The first-order valence-corrected chi connectivity index (χ1v) is 6.21. The van der Waals surface area contributed by atoms with Gasteiger partial charge in [0.15, 0.2) is 0 Å². The molecule has 0 spiro atoms. The minimum atomic E-state index is -0.0205. The van der Waals surface area contributed by atoms with Gasteiger partial charge in [0, 0.05) is 12.6 Å². The number of hydrogen-bond acceptors (Lipinski definition) is 3. The molecule has 0 aromatic heterocycles. The van der Waals surface area contributed by atoms with Crippen molar-refractivity contribution in [2.75, 3.05) is 13.2 Å². The summed E-state index contributed by atoms with van der Waals surface area (Å²) in [6.07, 6.45) is 4.63. The third kappa shape index (κ3) is 5.47. The van der Waals surface area contributed by atoms with Crippen LogP contribution in [0.4, 0.5) is 0 Å². The molecular formula is C12H24N2O2. The highest BCUT2D eigenvalue weighted by Gasteiger charge is 2.19. The standard InChI is InChI=1S/C12H24N2O2/c1-9(2)16-8-12(15)14-7-10-4-3-5-11(13)6-10/h9-11H,3-8,13H2,1-2H3,(H,14,15). The molecule has 0 heterocycles. The summed E-state index contributed by atoms with van der Waals surface area (Å²) < 4.78 is 5.23. The Bertz CT molecular complexity index is 219. The van der Waals surface area contributed by atoms with Crippen LogP contribution in [0.2, 0.25) is 0 Å². The van der Waals surface area contributed by atoms with E-state index < -0.39 is 0 Å². The predicted octanol–water partition coefficient (Wildman–Crippen LogP) is 1.05. The lowest BCUT2D eigenvalue weighted by Gasteiger charge is -2.26. The van der Waals surface area contributed by atoms with Gasteiger partial charge in [0.05, 0.1) is 6.10 Å². The van der Waals surface area contributed by atoms with Crippen molar-refractivity contribution < 1.29 is 9.53 Å². The third-order valence-corrected chi connectivity index (χ3v) is 2.96. The highest BCUT2D eigenvalue weighted by molar-refractivity contribution is 5.77. The zero-order chi connectivity index (χ0) is 12.0. The Kier molecular flexibility index (Phi) is 5.77. The van der Waals surface area contributed by atoms with Crippen LogP contribution in [0.25, 0.3) is 0 Å². The quantitative estimate of drug-likeness (QED) is 0.739. The van der Waals surface area contributed by atoms with Gasteiger partial charge in [-0.05, 0) is 39.0 Å². The molecule has 3 N–H and O–H groups in total. The molecule has 1 fully saturated rings. The van der Waals surface area contributed by atoms with Crippen LogP contribution in [0.3, 0.4) is 0 Å². The van der Waals surface area contributed by atoms with E-state index in [9.17, 15) is 4.79 Å². The maximum absolute atomic E-state index is 11.4. The summed E-state index contributed by atoms with van der Waals surface area (Å²) in [5.74, 6) is 0.527. The van der Waals surface area contributed by atoms with Crippen molar-refractivity contribution in [3.63, 3.8) is 0 Å². The molecule has 0 aliphatic heterocycles. The van der Waals surface area contributed by atoms with Crippen molar-refractivity contribution in [3.8, 4) is 0 Å². The van der Waals surface area contributed by atoms with Gasteiger partial charge in [-0.1, -0.05) is 6.42 Å². The summed E-state index contributed by atoms with van der Waals surface area (Å²) in [5, 5.41) is 2.91. The SMILES string of the molecule is CC(C)OCC(=O)NCC1CCCC(N)C1. The molecule has 1 rings (SSSR count). The van der Waals surface area contributed by atoms with E-state index in [2.05, 4.69) is 5.32 Å². The number of ether oxygens (including phenoxy) is 1. The van der Waals surface area contributed by atoms with E-state index in [-0.39, 0.29) is 18.6 Å². The van der Waals surface area contributed by atoms with Crippen molar-refractivity contribution in [3.05, 3.63) is 0 Å². The molecule has 1 amide bonds. The fraction of sp³-hybridized carbons (Fsp3) is 0.917. The summed E-state index contributed by atoms with van der Waals surface area (Å²) in [5.41, 5.74) is 5.89. The lowest BCUT2D eigenvalue weighted by atomic mass is 9.86. The molecule has 0 bridgehead atoms. The summed E-state index contributed by atoms with van der Waals surface area (Å²) in [6.45, 7) is 4.76. The van der Waals surface area contributed by atoms with Crippen LogP contribution in [-0.4, -0.2) is 31.2 Å². The van der Waals surface area contributed by atoms with Gasteiger partial charge >= 0.3 is 0 Å². The number of rotatable bonds is 5. The van der Waals surface area contributed by atoms with Crippen LogP contribution >= 0.6 is 0 Å². The van der Waals surface area contributed by atoms with Gasteiger partial charge in [-0.2, -0.15) is 0 Å². The Labute approximate surface area is 97.9 Å². The molecule has 2 atom stereocenters. The van der Waals surface area contributed by atoms with Crippen LogP contribution in [-0.2, 0) is 9.53 Å². The molecule has 1 saturated carbocycles. The van der Waals surface area contributed by atoms with E-state index in [0.29, 0.717) is 12.0 Å². The summed E-state index contributed by atoms with van der Waals surface area (Å²) in [4.78, 5) is 11.4. The van der Waals surface area contributed by atoms with E-state index in [1.807, 2.05) is 13.8 Å². The van der Waals surface area contributed by atoms with Gasteiger partial charge in [-0.3, -0.25) is 4.79 Å². The van der Waals surface area contributed by atoms with E-state index in [1.54, 1.807) is 0 Å². The zero-order valence-electron chi connectivity index (χ0n) is 10.4. The zero-order valence-corrected chi connectivity index (χ0v) is 10.4. The van der Waals surface area contributed by atoms with Crippen molar-refractivity contribution in [2.24, 2.45) is 11.7 Å². The second-order valence-corrected chi connectivity index (χ2v) is 4.96. The molecule has 0 radical (unpaired) electrons. The Hall–Kier alpha value is -0.610. The third-order valence-electron chi connectivity index (χ3n) is 2.96. The maximum atomic E-state index is 11.4. The Balaban J connectivity index is 2.11. The Morgan fingerprint density at radius 3 is 2.88 bits per heavy atom. The van der Waals surface area contributed by atoms with Gasteiger partial charge in [0.1, 0.15) is 6.61 Å². The molecule has 1 aliphatic rings. The predicted molar refractivity (Wildman–Crippen MR) is 64.0 cm³/mol. The van der Waals surface area contributed by atoms with Crippen molar-refractivity contribution in [1.29, 1.82) is 0 Å². The van der Waals surface area contributed by atoms with E-state index in [1.165, 1.54) is 12.8 Å². The number of hydrogen-bond donors (Lipinski definition) is 2. The fourth-order valence-electron chi connectivity index (χ4n) is 2.07. The minimum Gasteiger partial charge on any atom is -0.369 e. The van der Waals surface area contributed by atoms with Crippen LogP contribution in [0.1, 0.15) is 39.5 Å². The molecular weight excluding hydrogens is 204 g/mol. The average Bonchev–Trinajstić information content (AvgIpc) is 2.23. The number of amides is 1. The number of nitrogens with two attached hydrogens (primary N) is 1. The number of nitrogens with one attached hydrogen (secondary N) is 1. The first-order valence-electron chi connectivity index (χ1n) is 6.21. The first kappa shape index (κ1) is 13.5. The number of carbonyl (C=O) groups is 1. The topological polar surface area (TPSA) is 64.3 Å². The van der Waals surface area contributed by atoms with E-state index in [0.717, 1.165) is 19.4 Å². The van der Waals surface area contributed by atoms with Gasteiger partial charge in [-0.25, -0.2) is 0 Å². The summed E-state index contributed by atoms with van der Waals surface area (Å²) in [6, 6.07) is 0.322. The molecule has 0 saturated heterocycles. The van der Waals surface area contributed by atoms with E-state index in [4.69, 9.17) is 10.5 Å². The molecule has 94 valence electrons. The molecule has 0 aromatic carbocycles. The van der Waals surface area contributed by atoms with Crippen molar-refractivity contribution >= 4 is 5.91 Å². The lowest BCUT2D eigenvalue weighted by molar-refractivity contribution is -0.127. The molecule has 4 nitrogen and oxygen atoms in total. The minimum absolute atomic E-state index is 0.0205. The fourth-order valence-corrected chi connectivity index (χ4v) is 2.07. The van der Waals surface area contributed by atoms with Crippen molar-refractivity contribution in [1.82, 2.24) is 5.32 Å².